The Morgan fingerprint density at radius 1 is 0.963 bits per heavy atom. The quantitative estimate of drug-likeness (QED) is 0.705. The summed E-state index contributed by atoms with van der Waals surface area (Å²) in [6.45, 7) is 0.221. The second-order valence-corrected chi connectivity index (χ2v) is 6.49. The van der Waals surface area contributed by atoms with Crippen molar-refractivity contribution in [1.29, 1.82) is 0 Å². The van der Waals surface area contributed by atoms with Crippen molar-refractivity contribution in [3.8, 4) is 0 Å². The van der Waals surface area contributed by atoms with Crippen LogP contribution in [0.2, 0.25) is 0 Å². The molecule has 3 amide bonds. The second-order valence-electron chi connectivity index (χ2n) is 6.49. The molecule has 0 bridgehead atoms. The summed E-state index contributed by atoms with van der Waals surface area (Å²) in [6, 6.07) is 10.3. The number of para-hydroxylation sites is 1. The van der Waals surface area contributed by atoms with Crippen LogP contribution in [0.1, 0.15) is 41.6 Å². The first kappa shape index (κ1) is 18.6. The lowest BCUT2D eigenvalue weighted by molar-refractivity contribution is -0.136. The fourth-order valence-electron chi connectivity index (χ4n) is 3.07. The lowest BCUT2D eigenvalue weighted by Crippen LogP contribution is -2.36. The summed E-state index contributed by atoms with van der Waals surface area (Å²) in [5.41, 5.74) is 1.50. The zero-order valence-electron chi connectivity index (χ0n) is 14.9. The molecule has 2 aromatic rings. The molecular formula is C20H22N4O3. The normalized spacial score (nSPS) is 13.8. The zero-order chi connectivity index (χ0) is 19.1. The monoisotopic (exact) mass is 366 g/mol. The molecule has 0 unspecified atom stereocenters. The highest BCUT2D eigenvalue weighted by atomic mass is 16.2. The summed E-state index contributed by atoms with van der Waals surface area (Å²) in [6.07, 6.45) is 7.39. The Labute approximate surface area is 157 Å². The van der Waals surface area contributed by atoms with E-state index in [9.17, 15) is 14.4 Å². The van der Waals surface area contributed by atoms with Crippen LogP contribution in [0.4, 0.5) is 5.69 Å². The Morgan fingerprint density at radius 3 is 2.41 bits per heavy atom. The minimum Gasteiger partial charge on any atom is -0.349 e. The Balaban J connectivity index is 1.60. The number of carbonyl (C=O) groups excluding carboxylic acids is 3. The largest absolute Gasteiger partial charge is 0.349 e. The topological polar surface area (TPSA) is 100 Å². The van der Waals surface area contributed by atoms with Crippen LogP contribution in [-0.2, 0) is 16.1 Å². The molecule has 1 aromatic heterocycles. The number of rotatable bonds is 5. The molecule has 0 atom stereocenters. The molecule has 7 nitrogen and oxygen atoms in total. The highest BCUT2D eigenvalue weighted by molar-refractivity contribution is 6.40. The van der Waals surface area contributed by atoms with Crippen LogP contribution in [0.25, 0.3) is 0 Å². The van der Waals surface area contributed by atoms with Gasteiger partial charge in [-0.25, -0.2) is 0 Å². The Kier molecular flexibility index (Phi) is 6.14. The summed E-state index contributed by atoms with van der Waals surface area (Å²) < 4.78 is 0. The van der Waals surface area contributed by atoms with Crippen molar-refractivity contribution in [2.24, 2.45) is 0 Å². The van der Waals surface area contributed by atoms with Gasteiger partial charge in [-0.3, -0.25) is 19.4 Å². The molecule has 1 aliphatic carbocycles. The van der Waals surface area contributed by atoms with E-state index in [4.69, 9.17) is 0 Å². The Bertz CT molecular complexity index is 817. The summed E-state index contributed by atoms with van der Waals surface area (Å²) in [7, 11) is 0. The van der Waals surface area contributed by atoms with Crippen LogP contribution >= 0.6 is 0 Å². The molecule has 1 heterocycles. The lowest BCUT2D eigenvalue weighted by atomic mass is 10.1. The second kappa shape index (κ2) is 8.93. The highest BCUT2D eigenvalue weighted by Gasteiger charge is 2.21. The first-order chi connectivity index (χ1) is 13.1. The van der Waals surface area contributed by atoms with Crippen LogP contribution in [0.5, 0.6) is 0 Å². The summed E-state index contributed by atoms with van der Waals surface area (Å²) in [4.78, 5) is 40.6. The van der Waals surface area contributed by atoms with Gasteiger partial charge in [-0.1, -0.05) is 25.0 Å². The van der Waals surface area contributed by atoms with Gasteiger partial charge in [0, 0.05) is 25.0 Å². The van der Waals surface area contributed by atoms with E-state index in [1.807, 2.05) is 0 Å². The third-order valence-corrected chi connectivity index (χ3v) is 4.52. The zero-order valence-corrected chi connectivity index (χ0v) is 14.9. The maximum Gasteiger partial charge on any atom is 0.313 e. The van der Waals surface area contributed by atoms with Gasteiger partial charge in [-0.15, -0.1) is 0 Å². The third kappa shape index (κ3) is 5.13. The average molecular weight is 366 g/mol. The molecule has 3 rings (SSSR count). The molecule has 0 spiro atoms. The number of pyridine rings is 1. The number of anilines is 1. The molecule has 27 heavy (non-hydrogen) atoms. The molecule has 0 saturated heterocycles. The van der Waals surface area contributed by atoms with Gasteiger partial charge < -0.3 is 16.0 Å². The average Bonchev–Trinajstić information content (AvgIpc) is 3.20. The van der Waals surface area contributed by atoms with E-state index in [1.54, 1.807) is 48.8 Å². The van der Waals surface area contributed by atoms with E-state index in [0.717, 1.165) is 31.2 Å². The summed E-state index contributed by atoms with van der Waals surface area (Å²) in [5, 5.41) is 8.06. The molecule has 1 fully saturated rings. The van der Waals surface area contributed by atoms with Crippen molar-refractivity contribution in [1.82, 2.24) is 15.6 Å². The van der Waals surface area contributed by atoms with Crippen LogP contribution < -0.4 is 16.0 Å². The van der Waals surface area contributed by atoms with Crippen molar-refractivity contribution in [3.05, 3.63) is 59.9 Å². The first-order valence-corrected chi connectivity index (χ1v) is 9.01. The molecule has 1 saturated carbocycles. The SMILES string of the molecule is O=C(NCc1ccncc1)C(=O)Nc1ccccc1C(=O)NC1CCCC1. The Morgan fingerprint density at radius 2 is 1.67 bits per heavy atom. The van der Waals surface area contributed by atoms with Crippen molar-refractivity contribution < 1.29 is 14.4 Å². The number of benzene rings is 1. The van der Waals surface area contributed by atoms with Gasteiger partial charge >= 0.3 is 11.8 Å². The fraction of sp³-hybridized carbons (Fsp3) is 0.300. The standard InChI is InChI=1S/C20H22N4O3/c25-18(23-15-5-1-2-6-15)16-7-3-4-8-17(16)24-20(27)19(26)22-13-14-9-11-21-12-10-14/h3-4,7-12,15H,1-2,5-6,13H2,(H,22,26)(H,23,25)(H,24,27). The first-order valence-electron chi connectivity index (χ1n) is 9.01. The van der Waals surface area contributed by atoms with Crippen LogP contribution in [0, 0.1) is 0 Å². The highest BCUT2D eigenvalue weighted by Crippen LogP contribution is 2.20. The van der Waals surface area contributed by atoms with Gasteiger partial charge in [-0.05, 0) is 42.7 Å². The van der Waals surface area contributed by atoms with Gasteiger partial charge in [0.25, 0.3) is 5.91 Å². The molecule has 0 aliphatic heterocycles. The van der Waals surface area contributed by atoms with Crippen molar-refractivity contribution in [2.45, 2.75) is 38.3 Å². The van der Waals surface area contributed by atoms with Crippen LogP contribution in [0.3, 0.4) is 0 Å². The number of amides is 3. The number of nitrogens with zero attached hydrogens (tertiary/aromatic N) is 1. The summed E-state index contributed by atoms with van der Waals surface area (Å²) in [5.74, 6) is -1.82. The summed E-state index contributed by atoms with van der Waals surface area (Å²) >= 11 is 0. The van der Waals surface area contributed by atoms with E-state index >= 15 is 0 Å². The van der Waals surface area contributed by atoms with Crippen LogP contribution in [-0.4, -0.2) is 28.7 Å². The van der Waals surface area contributed by atoms with E-state index in [1.165, 1.54) is 0 Å². The smallest absolute Gasteiger partial charge is 0.313 e. The molecule has 1 aromatic carbocycles. The van der Waals surface area contributed by atoms with E-state index < -0.39 is 11.8 Å². The maximum absolute atomic E-state index is 12.5. The van der Waals surface area contributed by atoms with Gasteiger partial charge in [0.15, 0.2) is 0 Å². The predicted molar refractivity (Wildman–Crippen MR) is 101 cm³/mol. The minimum absolute atomic E-state index is 0.171. The number of carbonyl (C=O) groups is 3. The number of hydrogen-bond donors (Lipinski definition) is 3. The molecule has 140 valence electrons. The number of nitrogens with one attached hydrogen (secondary N) is 3. The van der Waals surface area contributed by atoms with Gasteiger partial charge in [-0.2, -0.15) is 0 Å². The number of aromatic nitrogens is 1. The van der Waals surface area contributed by atoms with Gasteiger partial charge in [0.05, 0.1) is 11.3 Å². The van der Waals surface area contributed by atoms with E-state index in [-0.39, 0.29) is 18.5 Å². The molecular weight excluding hydrogens is 344 g/mol. The van der Waals surface area contributed by atoms with Crippen molar-refractivity contribution in [3.63, 3.8) is 0 Å². The van der Waals surface area contributed by atoms with E-state index in [2.05, 4.69) is 20.9 Å². The fourth-order valence-corrected chi connectivity index (χ4v) is 3.07. The number of hydrogen-bond acceptors (Lipinski definition) is 4. The van der Waals surface area contributed by atoms with Gasteiger partial charge in [0.1, 0.15) is 0 Å². The van der Waals surface area contributed by atoms with Gasteiger partial charge in [0.2, 0.25) is 0 Å². The maximum atomic E-state index is 12.5. The Hall–Kier alpha value is -3.22. The van der Waals surface area contributed by atoms with Crippen molar-refractivity contribution in [2.75, 3.05) is 5.32 Å². The van der Waals surface area contributed by atoms with Crippen molar-refractivity contribution >= 4 is 23.4 Å². The van der Waals surface area contributed by atoms with E-state index in [0.29, 0.717) is 11.3 Å². The lowest BCUT2D eigenvalue weighted by Gasteiger charge is -2.15. The third-order valence-electron chi connectivity index (χ3n) is 4.52. The molecule has 0 radical (unpaired) electrons. The predicted octanol–water partition coefficient (Wildman–Crippen LogP) is 2.01. The van der Waals surface area contributed by atoms with Crippen LogP contribution in [0.15, 0.2) is 48.8 Å². The molecule has 1 aliphatic rings. The molecule has 3 N–H and O–H groups in total. The molecule has 7 heteroatoms. The minimum atomic E-state index is -0.815.